The van der Waals surface area contributed by atoms with Crippen LogP contribution in [0.25, 0.3) is 0 Å². The van der Waals surface area contributed by atoms with E-state index in [0.29, 0.717) is 12.1 Å². The van der Waals surface area contributed by atoms with Gasteiger partial charge in [0.25, 0.3) is 5.91 Å². The van der Waals surface area contributed by atoms with Gasteiger partial charge in [-0.3, -0.25) is 9.48 Å². The van der Waals surface area contributed by atoms with Gasteiger partial charge in [-0.2, -0.15) is 5.10 Å². The van der Waals surface area contributed by atoms with Gasteiger partial charge < -0.3 is 9.88 Å². The maximum Gasteiger partial charge on any atom is 0.345 e. The summed E-state index contributed by atoms with van der Waals surface area (Å²) in [6, 6.07) is 1.81. The van der Waals surface area contributed by atoms with Gasteiger partial charge in [0.1, 0.15) is 0 Å². The first-order chi connectivity index (χ1) is 10.1. The third-order valence-electron chi connectivity index (χ3n) is 3.80. The van der Waals surface area contributed by atoms with Crippen molar-refractivity contribution in [3.8, 4) is 0 Å². The normalized spacial score (nSPS) is 18.7. The number of nitrogens with zero attached hydrogens (tertiary/aromatic N) is 4. The third kappa shape index (κ3) is 2.86. The molecular weight excluding hydrogens is 270 g/mol. The fourth-order valence-corrected chi connectivity index (χ4v) is 2.75. The Morgan fingerprint density at radius 3 is 3.05 bits per heavy atom. The number of aromatic nitrogens is 4. The van der Waals surface area contributed by atoms with Crippen molar-refractivity contribution in [1.29, 1.82) is 0 Å². The minimum absolute atomic E-state index is 0.01000. The molecule has 0 unspecified atom stereocenters. The van der Waals surface area contributed by atoms with E-state index in [1.165, 1.54) is 6.20 Å². The molecule has 2 aromatic heterocycles. The Hall–Kier alpha value is -2.44. The van der Waals surface area contributed by atoms with Crippen molar-refractivity contribution in [1.82, 2.24) is 24.6 Å². The molecule has 3 rings (SSSR count). The largest absolute Gasteiger partial charge is 0.345 e. The number of rotatable bonds is 2. The first kappa shape index (κ1) is 13.5. The molecule has 0 spiro atoms. The van der Waals surface area contributed by atoms with Crippen molar-refractivity contribution in [3.63, 3.8) is 0 Å². The molecule has 1 saturated heterocycles. The van der Waals surface area contributed by atoms with E-state index < -0.39 is 0 Å². The van der Waals surface area contributed by atoms with Crippen LogP contribution in [0.5, 0.6) is 0 Å². The molecule has 2 aromatic rings. The number of piperidine rings is 1. The third-order valence-corrected chi connectivity index (χ3v) is 3.80. The number of hydrogen-bond donors (Lipinski definition) is 1. The van der Waals surface area contributed by atoms with E-state index in [1.807, 2.05) is 11.0 Å². The summed E-state index contributed by atoms with van der Waals surface area (Å²) < 4.78 is 1.62. The molecule has 1 N–H and O–H groups in total. The molecular formula is C14H17N5O2. The summed E-state index contributed by atoms with van der Waals surface area (Å²) in [4.78, 5) is 32.0. The van der Waals surface area contributed by atoms with E-state index in [0.717, 1.165) is 25.1 Å². The van der Waals surface area contributed by atoms with Crippen molar-refractivity contribution >= 4 is 5.91 Å². The number of carbonyl (C=O) groups is 1. The lowest BCUT2D eigenvalue weighted by Crippen LogP contribution is -2.39. The molecule has 7 nitrogen and oxygen atoms in total. The zero-order valence-corrected chi connectivity index (χ0v) is 11.8. The van der Waals surface area contributed by atoms with Crippen LogP contribution in [0.4, 0.5) is 0 Å². The Morgan fingerprint density at radius 2 is 2.33 bits per heavy atom. The van der Waals surface area contributed by atoms with Crippen LogP contribution in [-0.2, 0) is 7.05 Å². The maximum absolute atomic E-state index is 12.4. The molecule has 1 atom stereocenters. The Labute approximate surface area is 121 Å². The van der Waals surface area contributed by atoms with Crippen LogP contribution < -0.4 is 5.69 Å². The number of H-pyrrole nitrogens is 1. The Bertz CT molecular complexity index is 705. The van der Waals surface area contributed by atoms with Gasteiger partial charge in [-0.15, -0.1) is 0 Å². The van der Waals surface area contributed by atoms with Crippen LogP contribution in [0.1, 0.15) is 34.8 Å². The Balaban J connectivity index is 1.77. The zero-order valence-electron chi connectivity index (χ0n) is 11.8. The van der Waals surface area contributed by atoms with Gasteiger partial charge >= 0.3 is 5.69 Å². The summed E-state index contributed by atoms with van der Waals surface area (Å²) in [5.41, 5.74) is 1.10. The molecule has 1 amide bonds. The molecule has 3 heterocycles. The highest BCUT2D eigenvalue weighted by Gasteiger charge is 2.26. The second kappa shape index (κ2) is 5.51. The van der Waals surface area contributed by atoms with E-state index >= 15 is 0 Å². The van der Waals surface area contributed by atoms with Gasteiger partial charge in [-0.1, -0.05) is 0 Å². The SMILES string of the molecule is Cn1cc(C(=O)N2CCC[C@H](c3ccnc(=O)[nH]3)C2)cn1. The lowest BCUT2D eigenvalue weighted by atomic mass is 9.94. The summed E-state index contributed by atoms with van der Waals surface area (Å²) in [6.07, 6.45) is 6.69. The minimum Gasteiger partial charge on any atom is -0.338 e. The molecule has 0 aromatic carbocycles. The smallest absolute Gasteiger partial charge is 0.338 e. The van der Waals surface area contributed by atoms with Gasteiger partial charge in [-0.25, -0.2) is 9.78 Å². The molecule has 0 aliphatic carbocycles. The Kier molecular flexibility index (Phi) is 3.55. The lowest BCUT2D eigenvalue weighted by molar-refractivity contribution is 0.0705. The van der Waals surface area contributed by atoms with Crippen LogP contribution in [0.3, 0.4) is 0 Å². The van der Waals surface area contributed by atoms with E-state index in [1.54, 1.807) is 24.1 Å². The highest BCUT2D eigenvalue weighted by molar-refractivity contribution is 5.93. The summed E-state index contributed by atoms with van der Waals surface area (Å²) in [5, 5.41) is 4.03. The van der Waals surface area contributed by atoms with Crippen LogP contribution in [0, 0.1) is 0 Å². The van der Waals surface area contributed by atoms with Crippen LogP contribution in [0.2, 0.25) is 0 Å². The number of amides is 1. The van der Waals surface area contributed by atoms with E-state index in [-0.39, 0.29) is 17.5 Å². The standard InChI is InChI=1S/C14H17N5O2/c1-18-8-11(7-16-18)13(20)19-6-2-3-10(9-19)12-4-5-15-14(21)17-12/h4-5,7-8,10H,2-3,6,9H2,1H3,(H,15,17,21)/t10-/m0/s1. The Morgan fingerprint density at radius 1 is 1.48 bits per heavy atom. The van der Waals surface area contributed by atoms with Crippen molar-refractivity contribution in [2.45, 2.75) is 18.8 Å². The molecule has 0 saturated carbocycles. The summed E-state index contributed by atoms with van der Waals surface area (Å²) >= 11 is 0. The second-order valence-corrected chi connectivity index (χ2v) is 5.32. The van der Waals surface area contributed by atoms with Crippen molar-refractivity contribution in [2.24, 2.45) is 7.05 Å². The number of aromatic amines is 1. The van der Waals surface area contributed by atoms with Gasteiger partial charge in [0.05, 0.1) is 11.8 Å². The summed E-state index contributed by atoms with van der Waals surface area (Å²) in [5.74, 6) is 0.138. The first-order valence-corrected chi connectivity index (χ1v) is 6.96. The topological polar surface area (TPSA) is 83.9 Å². The quantitative estimate of drug-likeness (QED) is 0.873. The van der Waals surface area contributed by atoms with Gasteiger partial charge in [0.15, 0.2) is 0 Å². The average molecular weight is 287 g/mol. The average Bonchev–Trinajstić information content (AvgIpc) is 2.93. The number of nitrogens with one attached hydrogen (secondary N) is 1. The molecule has 0 radical (unpaired) electrons. The number of aryl methyl sites for hydroxylation is 1. The lowest BCUT2D eigenvalue weighted by Gasteiger charge is -2.32. The molecule has 7 heteroatoms. The van der Waals surface area contributed by atoms with Crippen molar-refractivity contribution in [2.75, 3.05) is 13.1 Å². The van der Waals surface area contributed by atoms with E-state index in [2.05, 4.69) is 15.1 Å². The highest BCUT2D eigenvalue weighted by atomic mass is 16.2. The molecule has 1 aliphatic heterocycles. The van der Waals surface area contributed by atoms with Crippen LogP contribution in [0.15, 0.2) is 29.5 Å². The van der Waals surface area contributed by atoms with Crippen molar-refractivity contribution in [3.05, 3.63) is 46.4 Å². The number of hydrogen-bond acceptors (Lipinski definition) is 4. The van der Waals surface area contributed by atoms with E-state index in [9.17, 15) is 9.59 Å². The van der Waals surface area contributed by atoms with Crippen LogP contribution >= 0.6 is 0 Å². The van der Waals surface area contributed by atoms with Crippen molar-refractivity contribution < 1.29 is 4.79 Å². The van der Waals surface area contributed by atoms with Gasteiger partial charge in [0, 0.05) is 44.1 Å². The zero-order chi connectivity index (χ0) is 14.8. The van der Waals surface area contributed by atoms with Gasteiger partial charge in [0.2, 0.25) is 0 Å². The molecule has 110 valence electrons. The molecule has 0 bridgehead atoms. The summed E-state index contributed by atoms with van der Waals surface area (Å²) in [6.45, 7) is 1.34. The predicted octanol–water partition coefficient (Wildman–Crippen LogP) is 0.523. The maximum atomic E-state index is 12.4. The fourth-order valence-electron chi connectivity index (χ4n) is 2.75. The predicted molar refractivity (Wildman–Crippen MR) is 75.9 cm³/mol. The van der Waals surface area contributed by atoms with E-state index in [4.69, 9.17) is 0 Å². The number of likely N-dealkylation sites (tertiary alicyclic amines) is 1. The minimum atomic E-state index is -0.344. The monoisotopic (exact) mass is 287 g/mol. The molecule has 1 fully saturated rings. The van der Waals surface area contributed by atoms with Gasteiger partial charge in [-0.05, 0) is 18.9 Å². The first-order valence-electron chi connectivity index (χ1n) is 6.96. The second-order valence-electron chi connectivity index (χ2n) is 5.32. The molecule has 21 heavy (non-hydrogen) atoms. The number of carbonyl (C=O) groups excluding carboxylic acids is 1. The fraction of sp³-hybridized carbons (Fsp3) is 0.429. The molecule has 1 aliphatic rings. The highest BCUT2D eigenvalue weighted by Crippen LogP contribution is 2.25. The van der Waals surface area contributed by atoms with Crippen LogP contribution in [-0.4, -0.2) is 43.6 Å². The summed E-state index contributed by atoms with van der Waals surface area (Å²) in [7, 11) is 1.79.